The van der Waals surface area contributed by atoms with Gasteiger partial charge in [0.25, 0.3) is 0 Å². The van der Waals surface area contributed by atoms with Crippen molar-refractivity contribution in [3.63, 3.8) is 0 Å². The van der Waals surface area contributed by atoms with Crippen LogP contribution in [-0.2, 0) is 13.0 Å². The van der Waals surface area contributed by atoms with Gasteiger partial charge in [0.2, 0.25) is 5.89 Å². The van der Waals surface area contributed by atoms with E-state index in [2.05, 4.69) is 28.0 Å². The lowest BCUT2D eigenvalue weighted by Gasteiger charge is -2.24. The Bertz CT molecular complexity index is 866. The molecular formula is C20H22ClN3O2. The van der Waals surface area contributed by atoms with Crippen LogP contribution in [0.25, 0.3) is 0 Å². The Labute approximate surface area is 158 Å². The molecule has 0 bridgehead atoms. The van der Waals surface area contributed by atoms with Crippen molar-refractivity contribution < 1.29 is 9.26 Å². The van der Waals surface area contributed by atoms with Crippen LogP contribution in [0.5, 0.6) is 5.75 Å². The summed E-state index contributed by atoms with van der Waals surface area (Å²) in [4.78, 5) is 6.64. The summed E-state index contributed by atoms with van der Waals surface area (Å²) in [6, 6.07) is 15.8. The van der Waals surface area contributed by atoms with E-state index < -0.39 is 0 Å². The van der Waals surface area contributed by atoms with E-state index in [-0.39, 0.29) is 6.04 Å². The molecule has 6 heteroatoms. The number of methoxy groups -OCH3 is 1. The number of hydrogen-bond acceptors (Lipinski definition) is 5. The van der Waals surface area contributed by atoms with E-state index in [0.29, 0.717) is 29.7 Å². The van der Waals surface area contributed by atoms with Crippen LogP contribution in [0.1, 0.15) is 35.8 Å². The topological polar surface area (TPSA) is 51.4 Å². The molecule has 1 heterocycles. The van der Waals surface area contributed by atoms with Crippen LogP contribution in [0.4, 0.5) is 0 Å². The lowest BCUT2D eigenvalue weighted by atomic mass is 10.1. The van der Waals surface area contributed by atoms with E-state index >= 15 is 0 Å². The van der Waals surface area contributed by atoms with Gasteiger partial charge in [-0.15, -0.1) is 0 Å². The first kappa shape index (κ1) is 18.4. The van der Waals surface area contributed by atoms with E-state index in [0.717, 1.165) is 16.9 Å². The van der Waals surface area contributed by atoms with Crippen LogP contribution >= 0.6 is 11.6 Å². The molecule has 0 fully saturated rings. The molecule has 3 aromatic rings. The van der Waals surface area contributed by atoms with Crippen molar-refractivity contribution in [2.75, 3.05) is 14.2 Å². The predicted octanol–water partition coefficient (Wildman–Crippen LogP) is 4.52. The Hall–Kier alpha value is -2.37. The molecule has 0 spiro atoms. The summed E-state index contributed by atoms with van der Waals surface area (Å²) in [5.74, 6) is 2.08. The Morgan fingerprint density at radius 3 is 2.65 bits per heavy atom. The molecule has 0 aliphatic rings. The standard InChI is InChI=1S/C20H22ClN3O2/c1-14(16-9-5-7-11-18(16)25-3)24(2)13-20-22-19(23-26-20)12-15-8-4-6-10-17(15)21/h4-11,14H,12-13H2,1-3H3/t14-/m0/s1. The van der Waals surface area contributed by atoms with Crippen molar-refractivity contribution >= 4 is 11.6 Å². The fraction of sp³-hybridized carbons (Fsp3) is 0.300. The lowest BCUT2D eigenvalue weighted by molar-refractivity contribution is 0.212. The number of para-hydroxylation sites is 1. The second-order valence-corrected chi connectivity index (χ2v) is 6.61. The molecule has 0 aliphatic heterocycles. The van der Waals surface area contributed by atoms with Gasteiger partial charge in [-0.1, -0.05) is 53.2 Å². The first-order valence-corrected chi connectivity index (χ1v) is 8.84. The predicted molar refractivity (Wildman–Crippen MR) is 101 cm³/mol. The number of halogens is 1. The Morgan fingerprint density at radius 1 is 1.15 bits per heavy atom. The molecule has 0 saturated carbocycles. The molecule has 0 amide bonds. The van der Waals surface area contributed by atoms with Gasteiger partial charge in [-0.25, -0.2) is 0 Å². The molecule has 5 nitrogen and oxygen atoms in total. The smallest absolute Gasteiger partial charge is 0.240 e. The van der Waals surface area contributed by atoms with Crippen LogP contribution in [0.15, 0.2) is 53.1 Å². The monoisotopic (exact) mass is 371 g/mol. The second-order valence-electron chi connectivity index (χ2n) is 6.21. The summed E-state index contributed by atoms with van der Waals surface area (Å²) in [5.41, 5.74) is 2.10. The van der Waals surface area contributed by atoms with Crippen molar-refractivity contribution in [1.82, 2.24) is 15.0 Å². The molecular weight excluding hydrogens is 350 g/mol. The second kappa shape index (κ2) is 8.34. The average molecular weight is 372 g/mol. The molecule has 2 aromatic carbocycles. The summed E-state index contributed by atoms with van der Waals surface area (Å²) in [7, 11) is 3.71. The zero-order chi connectivity index (χ0) is 18.5. The average Bonchev–Trinajstić information content (AvgIpc) is 3.09. The highest BCUT2D eigenvalue weighted by atomic mass is 35.5. The maximum atomic E-state index is 6.20. The molecule has 0 aliphatic carbocycles. The molecule has 26 heavy (non-hydrogen) atoms. The molecule has 0 N–H and O–H groups in total. The first-order chi connectivity index (χ1) is 12.6. The highest BCUT2D eigenvalue weighted by Crippen LogP contribution is 2.28. The fourth-order valence-electron chi connectivity index (χ4n) is 2.84. The molecule has 3 rings (SSSR count). The molecule has 1 aromatic heterocycles. The van der Waals surface area contributed by atoms with Gasteiger partial charge < -0.3 is 9.26 Å². The third kappa shape index (κ3) is 4.23. The SMILES string of the molecule is COc1ccccc1[C@H](C)N(C)Cc1nc(Cc2ccccc2Cl)no1. The summed E-state index contributed by atoms with van der Waals surface area (Å²) in [6.07, 6.45) is 0.551. The van der Waals surface area contributed by atoms with E-state index in [1.165, 1.54) is 0 Å². The van der Waals surface area contributed by atoms with Crippen LogP contribution in [0.2, 0.25) is 5.02 Å². The third-order valence-electron chi connectivity index (χ3n) is 4.45. The quantitative estimate of drug-likeness (QED) is 0.611. The van der Waals surface area contributed by atoms with Gasteiger partial charge in [-0.05, 0) is 31.7 Å². The molecule has 1 atom stereocenters. The summed E-state index contributed by atoms with van der Waals surface area (Å²) >= 11 is 6.20. The summed E-state index contributed by atoms with van der Waals surface area (Å²) in [6.45, 7) is 2.67. The number of nitrogens with zero attached hydrogens (tertiary/aromatic N) is 3. The fourth-order valence-corrected chi connectivity index (χ4v) is 3.04. The molecule has 136 valence electrons. The maximum absolute atomic E-state index is 6.20. The first-order valence-electron chi connectivity index (χ1n) is 8.46. The number of hydrogen-bond donors (Lipinski definition) is 0. The van der Waals surface area contributed by atoms with Crippen molar-refractivity contribution in [3.05, 3.63) is 76.4 Å². The number of aromatic nitrogens is 2. The van der Waals surface area contributed by atoms with Crippen LogP contribution < -0.4 is 4.74 Å². The van der Waals surface area contributed by atoms with Gasteiger partial charge in [0.05, 0.1) is 13.7 Å². The van der Waals surface area contributed by atoms with Gasteiger partial charge in [-0.3, -0.25) is 4.90 Å². The highest BCUT2D eigenvalue weighted by molar-refractivity contribution is 6.31. The van der Waals surface area contributed by atoms with Gasteiger partial charge >= 0.3 is 0 Å². The van der Waals surface area contributed by atoms with E-state index in [1.807, 2.05) is 49.5 Å². The number of rotatable bonds is 7. The molecule has 0 unspecified atom stereocenters. The largest absolute Gasteiger partial charge is 0.496 e. The number of benzene rings is 2. The van der Waals surface area contributed by atoms with Crippen molar-refractivity contribution in [1.29, 1.82) is 0 Å². The third-order valence-corrected chi connectivity index (χ3v) is 4.82. The Kier molecular flexibility index (Phi) is 5.91. The maximum Gasteiger partial charge on any atom is 0.240 e. The Balaban J connectivity index is 1.67. The summed E-state index contributed by atoms with van der Waals surface area (Å²) < 4.78 is 10.9. The van der Waals surface area contributed by atoms with Crippen LogP contribution in [0.3, 0.4) is 0 Å². The minimum atomic E-state index is 0.144. The number of ether oxygens (including phenoxy) is 1. The van der Waals surface area contributed by atoms with E-state index in [1.54, 1.807) is 7.11 Å². The minimum absolute atomic E-state index is 0.144. The minimum Gasteiger partial charge on any atom is -0.496 e. The normalized spacial score (nSPS) is 12.3. The molecule has 0 saturated heterocycles. The zero-order valence-electron chi connectivity index (χ0n) is 15.1. The van der Waals surface area contributed by atoms with Crippen LogP contribution in [-0.4, -0.2) is 29.2 Å². The van der Waals surface area contributed by atoms with E-state index in [4.69, 9.17) is 20.9 Å². The van der Waals surface area contributed by atoms with E-state index in [9.17, 15) is 0 Å². The van der Waals surface area contributed by atoms with Gasteiger partial charge in [0.1, 0.15) is 5.75 Å². The van der Waals surface area contributed by atoms with Crippen molar-refractivity contribution in [2.45, 2.75) is 25.9 Å². The van der Waals surface area contributed by atoms with Crippen molar-refractivity contribution in [3.8, 4) is 5.75 Å². The highest BCUT2D eigenvalue weighted by Gasteiger charge is 2.18. The van der Waals surface area contributed by atoms with Gasteiger partial charge in [-0.2, -0.15) is 4.98 Å². The summed E-state index contributed by atoms with van der Waals surface area (Å²) in [5, 5.41) is 4.78. The lowest BCUT2D eigenvalue weighted by Crippen LogP contribution is -2.22. The van der Waals surface area contributed by atoms with Crippen molar-refractivity contribution in [2.24, 2.45) is 0 Å². The molecule has 0 radical (unpaired) electrons. The van der Waals surface area contributed by atoms with Crippen LogP contribution in [0, 0.1) is 0 Å². The van der Waals surface area contributed by atoms with Gasteiger partial charge in [0.15, 0.2) is 5.82 Å². The zero-order valence-corrected chi connectivity index (χ0v) is 15.9. The van der Waals surface area contributed by atoms with Gasteiger partial charge in [0, 0.05) is 23.0 Å². The Morgan fingerprint density at radius 2 is 1.88 bits per heavy atom.